The van der Waals surface area contributed by atoms with Crippen molar-refractivity contribution in [1.82, 2.24) is 0 Å². The molecule has 12 nitrogen and oxygen atoms in total. The molecule has 0 aliphatic heterocycles. The molecule has 0 amide bonds. The summed E-state index contributed by atoms with van der Waals surface area (Å²) in [5, 5.41) is 0. The maximum atomic E-state index is 12.7. The van der Waals surface area contributed by atoms with Crippen LogP contribution in [0.4, 0.5) is 0 Å². The molecule has 14 aliphatic carbocycles. The van der Waals surface area contributed by atoms with Crippen molar-refractivity contribution in [2.24, 2.45) is 111 Å². The molecule has 0 radical (unpaired) electrons. The molecule has 14 saturated carbocycles. The Kier molecular flexibility index (Phi) is 18.5. The third kappa shape index (κ3) is 14.0. The third-order valence-electron chi connectivity index (χ3n) is 22.5. The van der Waals surface area contributed by atoms with Crippen molar-refractivity contribution in [3.8, 4) is 0 Å². The minimum Gasteiger partial charge on any atom is -0.465 e. The van der Waals surface area contributed by atoms with E-state index in [-0.39, 0.29) is 22.8 Å². The highest BCUT2D eigenvalue weighted by Crippen LogP contribution is 2.61. The summed E-state index contributed by atoms with van der Waals surface area (Å²) in [7, 11) is 0. The molecule has 0 saturated heterocycles. The van der Waals surface area contributed by atoms with Crippen LogP contribution < -0.4 is 0 Å². The molecule has 12 bridgehead atoms. The first-order valence-electron chi connectivity index (χ1n) is 31.7. The molecule has 6 unspecified atom stereocenters. The average molecular weight is 1060 g/mol. The van der Waals surface area contributed by atoms with Crippen molar-refractivity contribution in [3.63, 3.8) is 0 Å². The Morgan fingerprint density at radius 3 is 0.895 bits per heavy atom. The van der Waals surface area contributed by atoms with E-state index in [0.29, 0.717) is 63.3 Å². The topological polar surface area (TPSA) is 158 Å². The second-order valence-electron chi connectivity index (χ2n) is 28.6. The minimum absolute atomic E-state index is 0.202. The summed E-state index contributed by atoms with van der Waals surface area (Å²) in [5.41, 5.74) is 0.403. The summed E-state index contributed by atoms with van der Waals surface area (Å²) in [5.74, 6) is 5.42. The Labute approximate surface area is 455 Å². The van der Waals surface area contributed by atoms with Gasteiger partial charge < -0.3 is 28.4 Å². The van der Waals surface area contributed by atoms with E-state index in [0.717, 1.165) is 84.9 Å². The first-order chi connectivity index (χ1) is 36.7. The Balaban J connectivity index is 0.000000132. The molecule has 0 aromatic rings. The molecule has 0 N–H and O–H groups in total. The zero-order valence-electron chi connectivity index (χ0n) is 47.2. The minimum atomic E-state index is -0.799. The fourth-order valence-electron chi connectivity index (χ4n) is 19.1. The van der Waals surface area contributed by atoms with E-state index in [4.69, 9.17) is 28.4 Å². The lowest BCUT2D eigenvalue weighted by Gasteiger charge is -2.56. The van der Waals surface area contributed by atoms with Gasteiger partial charge in [0.1, 0.15) is 0 Å². The molecule has 0 spiro atoms. The fourth-order valence-corrected chi connectivity index (χ4v) is 19.1. The highest BCUT2D eigenvalue weighted by atomic mass is 16.6. The number of rotatable bonds is 18. The Morgan fingerprint density at radius 2 is 0.618 bits per heavy atom. The maximum Gasteiger partial charge on any atom is 0.320 e. The van der Waals surface area contributed by atoms with Crippen LogP contribution in [0.1, 0.15) is 213 Å². The second kappa shape index (κ2) is 25.1. The third-order valence-corrected chi connectivity index (χ3v) is 22.5. The number of esters is 6. The lowest BCUT2D eigenvalue weighted by Crippen LogP contribution is -2.49. The molecular weight excluding hydrogens is 961 g/mol. The average Bonchev–Trinajstić information content (AvgIpc) is 4.28. The molecular formula is C64H98O12. The van der Waals surface area contributed by atoms with Gasteiger partial charge in [-0.25, -0.2) is 0 Å². The van der Waals surface area contributed by atoms with Gasteiger partial charge in [-0.05, 0) is 245 Å². The molecule has 6 atom stereocenters. The van der Waals surface area contributed by atoms with E-state index in [1.54, 1.807) is 20.8 Å². The van der Waals surface area contributed by atoms with Crippen LogP contribution in [0.2, 0.25) is 0 Å². The molecule has 12 heteroatoms. The number of hydrogen-bond acceptors (Lipinski definition) is 12. The standard InChI is InChI=1S/C26H38O4.C20H30O4.C18H30O4/c1-16(23(27)29-14-25-8-17-2-18(9-25)4-19(3-17)10-25)24(28)30-15-26-11-20-5-21(12-26)7-22(6-20)13-26;1-12(19(21)23-10-17-8-13-2-4-15(17)6-13)20(22)24-11-18-9-14-3-5-16(18)7-14;1-14(17(19)21-12-15-8-4-2-5-9-15)18(20)22-13-16-10-6-3-7-11-16/h16-22H,2-15H2,1H3;12-18H,2-11H2,1H3;14-16H,2-13H2,1H3. The molecule has 76 heavy (non-hydrogen) atoms. The van der Waals surface area contributed by atoms with E-state index in [1.165, 1.54) is 167 Å². The highest BCUT2D eigenvalue weighted by molar-refractivity contribution is 5.95. The van der Waals surface area contributed by atoms with E-state index in [2.05, 4.69) is 0 Å². The molecule has 14 rings (SSSR count). The van der Waals surface area contributed by atoms with Crippen LogP contribution in [0.5, 0.6) is 0 Å². The largest absolute Gasteiger partial charge is 0.465 e. The van der Waals surface area contributed by atoms with Crippen LogP contribution in [0.3, 0.4) is 0 Å². The van der Waals surface area contributed by atoms with E-state index < -0.39 is 41.6 Å². The van der Waals surface area contributed by atoms with Gasteiger partial charge in [-0.2, -0.15) is 0 Å². The molecule has 14 fully saturated rings. The van der Waals surface area contributed by atoms with Crippen LogP contribution in [0.25, 0.3) is 0 Å². The SMILES string of the molecule is CC(C(=O)OCC12CC3CC(CC(C3)C1)C2)C(=O)OCC12CC3CC(CC(C3)C1)C2.CC(C(=O)OCC1CC2CCC1C2)C(=O)OCC1CC2CCC1C2.CC(C(=O)OCC1CCCCC1)C(=O)OCC1CCCCC1. The van der Waals surface area contributed by atoms with E-state index >= 15 is 0 Å². The zero-order valence-corrected chi connectivity index (χ0v) is 47.2. The zero-order chi connectivity index (χ0) is 53.0. The lowest BCUT2D eigenvalue weighted by molar-refractivity contribution is -0.173. The van der Waals surface area contributed by atoms with Crippen LogP contribution in [0.15, 0.2) is 0 Å². The monoisotopic (exact) mass is 1060 g/mol. The van der Waals surface area contributed by atoms with E-state index in [9.17, 15) is 28.8 Å². The smallest absolute Gasteiger partial charge is 0.320 e. The summed E-state index contributed by atoms with van der Waals surface area (Å²) < 4.78 is 33.1. The molecule has 0 aromatic carbocycles. The van der Waals surface area contributed by atoms with Crippen molar-refractivity contribution < 1.29 is 57.2 Å². The van der Waals surface area contributed by atoms with Gasteiger partial charge in [0.05, 0.1) is 39.6 Å². The van der Waals surface area contributed by atoms with Crippen LogP contribution in [0, 0.1) is 111 Å². The van der Waals surface area contributed by atoms with Gasteiger partial charge in [0.2, 0.25) is 0 Å². The maximum absolute atomic E-state index is 12.7. The van der Waals surface area contributed by atoms with Gasteiger partial charge >= 0.3 is 35.8 Å². The number of hydrogen-bond donors (Lipinski definition) is 0. The molecule has 14 aliphatic rings. The van der Waals surface area contributed by atoms with Gasteiger partial charge in [-0.3, -0.25) is 28.8 Å². The van der Waals surface area contributed by atoms with Crippen molar-refractivity contribution in [1.29, 1.82) is 0 Å². The van der Waals surface area contributed by atoms with Crippen LogP contribution in [-0.4, -0.2) is 75.5 Å². The predicted molar refractivity (Wildman–Crippen MR) is 285 cm³/mol. The summed E-state index contributed by atoms with van der Waals surface area (Å²) in [6.45, 7) is 7.80. The van der Waals surface area contributed by atoms with Crippen molar-refractivity contribution >= 4 is 35.8 Å². The summed E-state index contributed by atoms with van der Waals surface area (Å²) >= 11 is 0. The van der Waals surface area contributed by atoms with Crippen LogP contribution in [-0.2, 0) is 57.2 Å². The van der Waals surface area contributed by atoms with Gasteiger partial charge in [0, 0.05) is 10.8 Å². The normalized spacial score (nSPS) is 38.1. The lowest BCUT2D eigenvalue weighted by atomic mass is 9.50. The summed E-state index contributed by atoms with van der Waals surface area (Å²) in [6, 6.07) is 0. The van der Waals surface area contributed by atoms with Gasteiger partial charge in [-0.15, -0.1) is 0 Å². The Bertz CT molecular complexity index is 1810. The summed E-state index contributed by atoms with van der Waals surface area (Å²) in [6.07, 6.45) is 37.9. The quantitative estimate of drug-likeness (QED) is 0.0728. The number of fused-ring (bicyclic) bond motifs is 4. The number of carbonyl (C=O) groups is 6. The predicted octanol–water partition coefficient (Wildman–Crippen LogP) is 12.6. The molecule has 0 aromatic heterocycles. The van der Waals surface area contributed by atoms with Gasteiger partial charge in [-0.1, -0.05) is 51.4 Å². The second-order valence-corrected chi connectivity index (χ2v) is 28.6. The molecule has 426 valence electrons. The van der Waals surface area contributed by atoms with Gasteiger partial charge in [0.25, 0.3) is 0 Å². The summed E-state index contributed by atoms with van der Waals surface area (Å²) in [4.78, 5) is 73.6. The first-order valence-corrected chi connectivity index (χ1v) is 31.7. The van der Waals surface area contributed by atoms with Crippen LogP contribution >= 0.6 is 0 Å². The molecule has 0 heterocycles. The fraction of sp³-hybridized carbons (Fsp3) is 0.906. The number of carbonyl (C=O) groups excluding carboxylic acids is 6. The highest BCUT2D eigenvalue weighted by Gasteiger charge is 2.53. The van der Waals surface area contributed by atoms with Crippen molar-refractivity contribution in [2.75, 3.05) is 39.6 Å². The Morgan fingerprint density at radius 1 is 0.329 bits per heavy atom. The number of ether oxygens (including phenoxy) is 6. The van der Waals surface area contributed by atoms with E-state index in [1.807, 2.05) is 0 Å². The van der Waals surface area contributed by atoms with Crippen molar-refractivity contribution in [3.05, 3.63) is 0 Å². The first kappa shape index (κ1) is 56.1. The van der Waals surface area contributed by atoms with Gasteiger partial charge in [0.15, 0.2) is 17.8 Å². The Hall–Kier alpha value is -3.18. The van der Waals surface area contributed by atoms with Crippen molar-refractivity contribution in [2.45, 2.75) is 213 Å².